The van der Waals surface area contributed by atoms with Gasteiger partial charge in [-0.15, -0.1) is 11.3 Å². The third-order valence-corrected chi connectivity index (χ3v) is 5.28. The van der Waals surface area contributed by atoms with Crippen LogP contribution in [0.3, 0.4) is 0 Å². The maximum atomic E-state index is 12.4. The number of amides is 1. The SMILES string of the molecule is C[C@@H](C(=O)N1CCC[C@H](C(=O)O)C1)c1ccc(Br)s1. The molecule has 1 aromatic rings. The smallest absolute Gasteiger partial charge is 0.308 e. The Kier molecular flexibility index (Phi) is 4.62. The van der Waals surface area contributed by atoms with E-state index in [-0.39, 0.29) is 11.8 Å². The first-order valence-electron chi connectivity index (χ1n) is 6.26. The molecule has 0 spiro atoms. The first-order valence-corrected chi connectivity index (χ1v) is 7.87. The van der Waals surface area contributed by atoms with Gasteiger partial charge in [-0.3, -0.25) is 9.59 Å². The molecule has 0 saturated carbocycles. The van der Waals surface area contributed by atoms with Crippen LogP contribution in [-0.2, 0) is 9.59 Å². The van der Waals surface area contributed by atoms with Crippen molar-refractivity contribution >= 4 is 39.1 Å². The molecule has 2 rings (SSSR count). The maximum absolute atomic E-state index is 12.4. The molecule has 0 aromatic carbocycles. The first-order chi connectivity index (χ1) is 8.99. The van der Waals surface area contributed by atoms with Crippen molar-refractivity contribution < 1.29 is 14.7 Å². The van der Waals surface area contributed by atoms with Gasteiger partial charge in [-0.25, -0.2) is 0 Å². The Balaban J connectivity index is 2.04. The highest BCUT2D eigenvalue weighted by atomic mass is 79.9. The standard InChI is InChI=1S/C13H16BrNO3S/c1-8(10-4-5-11(14)19-10)12(16)15-6-2-3-9(7-15)13(17)18/h4-5,8-9H,2-3,6-7H2,1H3,(H,17,18)/t8-,9+/m1/s1. The first kappa shape index (κ1) is 14.5. The number of carboxylic acid groups (broad SMARTS) is 1. The number of thiophene rings is 1. The van der Waals surface area contributed by atoms with Crippen LogP contribution in [-0.4, -0.2) is 35.0 Å². The van der Waals surface area contributed by atoms with Gasteiger partial charge in [0.15, 0.2) is 0 Å². The summed E-state index contributed by atoms with van der Waals surface area (Å²) in [6.07, 6.45) is 1.43. The summed E-state index contributed by atoms with van der Waals surface area (Å²) in [5.41, 5.74) is 0. The van der Waals surface area contributed by atoms with Crippen LogP contribution in [0.25, 0.3) is 0 Å². The summed E-state index contributed by atoms with van der Waals surface area (Å²) in [7, 11) is 0. The zero-order valence-corrected chi connectivity index (χ0v) is 13.0. The van der Waals surface area contributed by atoms with Crippen molar-refractivity contribution in [3.05, 3.63) is 20.8 Å². The van der Waals surface area contributed by atoms with Crippen molar-refractivity contribution in [1.29, 1.82) is 0 Å². The van der Waals surface area contributed by atoms with Crippen LogP contribution < -0.4 is 0 Å². The molecule has 1 fully saturated rings. The highest BCUT2D eigenvalue weighted by Gasteiger charge is 2.31. The number of nitrogens with zero attached hydrogens (tertiary/aromatic N) is 1. The Morgan fingerprint density at radius 3 is 2.84 bits per heavy atom. The van der Waals surface area contributed by atoms with Crippen LogP contribution in [0, 0.1) is 5.92 Å². The predicted octanol–water partition coefficient (Wildman–Crippen LogP) is 2.94. The molecule has 0 bridgehead atoms. The molecule has 6 heteroatoms. The molecule has 2 atom stereocenters. The van der Waals surface area contributed by atoms with E-state index in [1.807, 2.05) is 19.1 Å². The lowest BCUT2D eigenvalue weighted by Crippen LogP contribution is -2.43. The number of piperidine rings is 1. The fourth-order valence-corrected chi connectivity index (χ4v) is 3.80. The van der Waals surface area contributed by atoms with Crippen LogP contribution in [0.5, 0.6) is 0 Å². The fraction of sp³-hybridized carbons (Fsp3) is 0.538. The van der Waals surface area contributed by atoms with Crippen LogP contribution in [0.4, 0.5) is 0 Å². The van der Waals surface area contributed by atoms with E-state index in [1.54, 1.807) is 16.2 Å². The average molecular weight is 346 g/mol. The number of halogens is 1. The van der Waals surface area contributed by atoms with E-state index in [2.05, 4.69) is 15.9 Å². The summed E-state index contributed by atoms with van der Waals surface area (Å²) >= 11 is 4.94. The topological polar surface area (TPSA) is 57.6 Å². The van der Waals surface area contributed by atoms with Gasteiger partial charge in [0, 0.05) is 18.0 Å². The molecule has 1 aliphatic rings. The van der Waals surface area contributed by atoms with Crippen LogP contribution in [0.15, 0.2) is 15.9 Å². The van der Waals surface area contributed by atoms with E-state index >= 15 is 0 Å². The summed E-state index contributed by atoms with van der Waals surface area (Å²) in [5, 5.41) is 9.05. The summed E-state index contributed by atoms with van der Waals surface area (Å²) in [6.45, 7) is 2.88. The Morgan fingerprint density at radius 2 is 2.26 bits per heavy atom. The van der Waals surface area contributed by atoms with Gasteiger partial charge in [-0.2, -0.15) is 0 Å². The number of hydrogen-bond acceptors (Lipinski definition) is 3. The van der Waals surface area contributed by atoms with Gasteiger partial charge in [-0.05, 0) is 47.8 Å². The molecule has 0 radical (unpaired) electrons. The zero-order chi connectivity index (χ0) is 14.0. The molecule has 0 aliphatic carbocycles. The Labute approximate surface area is 124 Å². The van der Waals surface area contributed by atoms with Crippen molar-refractivity contribution in [1.82, 2.24) is 4.90 Å². The second-order valence-electron chi connectivity index (χ2n) is 4.83. The van der Waals surface area contributed by atoms with E-state index in [4.69, 9.17) is 5.11 Å². The number of rotatable bonds is 3. The molecule has 1 amide bonds. The average Bonchev–Trinajstić information content (AvgIpc) is 2.84. The molecule has 0 unspecified atom stereocenters. The van der Waals surface area contributed by atoms with Gasteiger partial charge in [0.1, 0.15) is 0 Å². The molecule has 104 valence electrons. The number of likely N-dealkylation sites (tertiary alicyclic amines) is 1. The molecule has 19 heavy (non-hydrogen) atoms. The molecule has 4 nitrogen and oxygen atoms in total. The quantitative estimate of drug-likeness (QED) is 0.916. The molecular weight excluding hydrogens is 330 g/mol. The van der Waals surface area contributed by atoms with Crippen molar-refractivity contribution in [2.75, 3.05) is 13.1 Å². The van der Waals surface area contributed by atoms with Crippen molar-refractivity contribution in [2.45, 2.75) is 25.7 Å². The minimum absolute atomic E-state index is 0.0281. The lowest BCUT2D eigenvalue weighted by Gasteiger charge is -2.32. The summed E-state index contributed by atoms with van der Waals surface area (Å²) in [5.74, 6) is -1.40. The van der Waals surface area contributed by atoms with E-state index in [0.29, 0.717) is 19.5 Å². The molecule has 1 aliphatic heterocycles. The minimum atomic E-state index is -0.802. The summed E-state index contributed by atoms with van der Waals surface area (Å²) in [4.78, 5) is 26.1. The van der Waals surface area contributed by atoms with Gasteiger partial charge < -0.3 is 10.0 Å². The molecular formula is C13H16BrNO3S. The van der Waals surface area contributed by atoms with Gasteiger partial charge in [-0.1, -0.05) is 0 Å². The van der Waals surface area contributed by atoms with Gasteiger partial charge in [0.25, 0.3) is 0 Å². The van der Waals surface area contributed by atoms with Crippen LogP contribution >= 0.6 is 27.3 Å². The van der Waals surface area contributed by atoms with Crippen molar-refractivity contribution in [2.24, 2.45) is 5.92 Å². The van der Waals surface area contributed by atoms with E-state index < -0.39 is 11.9 Å². The van der Waals surface area contributed by atoms with Gasteiger partial charge >= 0.3 is 5.97 Å². The maximum Gasteiger partial charge on any atom is 0.308 e. The second kappa shape index (κ2) is 6.05. The normalized spacial score (nSPS) is 21.2. The molecule has 1 saturated heterocycles. The highest BCUT2D eigenvalue weighted by Crippen LogP contribution is 2.30. The Bertz CT molecular complexity index is 488. The van der Waals surface area contributed by atoms with Gasteiger partial charge in [0.2, 0.25) is 5.91 Å². The lowest BCUT2D eigenvalue weighted by atomic mass is 9.96. The number of hydrogen-bond donors (Lipinski definition) is 1. The third kappa shape index (κ3) is 3.36. The predicted molar refractivity (Wildman–Crippen MR) is 77.4 cm³/mol. The molecule has 2 heterocycles. The number of carbonyl (C=O) groups is 2. The Morgan fingerprint density at radius 1 is 1.53 bits per heavy atom. The third-order valence-electron chi connectivity index (χ3n) is 3.47. The highest BCUT2D eigenvalue weighted by molar-refractivity contribution is 9.11. The largest absolute Gasteiger partial charge is 0.481 e. The lowest BCUT2D eigenvalue weighted by molar-refractivity contribution is -0.146. The van der Waals surface area contributed by atoms with Crippen molar-refractivity contribution in [3.8, 4) is 0 Å². The van der Waals surface area contributed by atoms with E-state index in [0.717, 1.165) is 15.1 Å². The second-order valence-corrected chi connectivity index (χ2v) is 7.32. The van der Waals surface area contributed by atoms with E-state index in [1.165, 1.54) is 0 Å². The van der Waals surface area contributed by atoms with Crippen LogP contribution in [0.1, 0.15) is 30.6 Å². The summed E-state index contributed by atoms with van der Waals surface area (Å²) < 4.78 is 1.00. The number of aliphatic carboxylic acids is 1. The minimum Gasteiger partial charge on any atom is -0.481 e. The number of carboxylic acids is 1. The van der Waals surface area contributed by atoms with Crippen molar-refractivity contribution in [3.63, 3.8) is 0 Å². The molecule has 1 N–H and O–H groups in total. The fourth-order valence-electron chi connectivity index (χ4n) is 2.34. The van der Waals surface area contributed by atoms with Crippen LogP contribution in [0.2, 0.25) is 0 Å². The van der Waals surface area contributed by atoms with E-state index in [9.17, 15) is 9.59 Å². The monoisotopic (exact) mass is 345 g/mol. The molecule has 1 aromatic heterocycles. The summed E-state index contributed by atoms with van der Waals surface area (Å²) in [6, 6.07) is 3.87. The number of carbonyl (C=O) groups excluding carboxylic acids is 1. The van der Waals surface area contributed by atoms with Gasteiger partial charge in [0.05, 0.1) is 15.6 Å². The Hall–Kier alpha value is -0.880. The zero-order valence-electron chi connectivity index (χ0n) is 10.6.